The van der Waals surface area contributed by atoms with Crippen LogP contribution in [0.3, 0.4) is 0 Å². The molecule has 2 amide bonds. The number of nitrogens with zero attached hydrogens (tertiary/aromatic N) is 5. The van der Waals surface area contributed by atoms with Crippen molar-refractivity contribution in [2.24, 2.45) is 0 Å². The van der Waals surface area contributed by atoms with Gasteiger partial charge in [-0.2, -0.15) is 0 Å². The lowest BCUT2D eigenvalue weighted by Crippen LogP contribution is -2.64. The number of halogens is 4. The number of benzene rings is 1. The average Bonchev–Trinajstić information content (AvgIpc) is 3.23. The minimum atomic E-state index is -2.91. The number of nitrogens with one attached hydrogen (secondary N) is 1. The van der Waals surface area contributed by atoms with Crippen molar-refractivity contribution < 1.29 is 18.0 Å². The zero-order valence-corrected chi connectivity index (χ0v) is 19.7. The number of likely N-dealkylation sites (N-methyl/N-ethyl adjacent to an activating group) is 1. The number of fused-ring (bicyclic) bond motifs is 4. The van der Waals surface area contributed by atoms with Crippen molar-refractivity contribution >= 4 is 23.4 Å². The number of piperazine rings is 1. The molecule has 4 aliphatic heterocycles. The number of amides is 2. The fourth-order valence-electron chi connectivity index (χ4n) is 5.29. The summed E-state index contributed by atoms with van der Waals surface area (Å²) in [5, 5.41) is 3.10. The van der Waals surface area contributed by atoms with Gasteiger partial charge in [0.15, 0.2) is 0 Å². The Hall–Kier alpha value is -2.59. The van der Waals surface area contributed by atoms with Crippen molar-refractivity contribution in [2.75, 3.05) is 25.5 Å². The highest BCUT2D eigenvalue weighted by Gasteiger charge is 2.42. The van der Waals surface area contributed by atoms with E-state index in [1.807, 2.05) is 4.90 Å². The van der Waals surface area contributed by atoms with Gasteiger partial charge in [-0.05, 0) is 38.4 Å². The van der Waals surface area contributed by atoms with Gasteiger partial charge in [0.2, 0.25) is 5.28 Å². The van der Waals surface area contributed by atoms with E-state index in [0.29, 0.717) is 42.8 Å². The number of anilines is 1. The number of urea groups is 1. The number of carbonyl (C=O) groups excluding carboxylic acids is 1. The summed E-state index contributed by atoms with van der Waals surface area (Å²) in [6, 6.07) is 3.82. The standard InChI is InChI=1S/C23H26ClF3N6O/c1-12(15-4-3-5-16(19(15)25)20(26)27)28-21-17-10-32(11-18(17)29-22(24)30-21)23(34)33-9-13-6-7-14(33)8-31(13)2/h3-5,12-14,20H,6-11H2,1-2H3,(H,28,29,30)/t12-,13?,14?/m1/s1. The molecule has 2 unspecified atom stereocenters. The highest BCUT2D eigenvalue weighted by atomic mass is 35.5. The first-order valence-corrected chi connectivity index (χ1v) is 11.7. The Morgan fingerprint density at radius 1 is 1.15 bits per heavy atom. The number of alkyl halides is 2. The molecule has 0 spiro atoms. The maximum absolute atomic E-state index is 14.7. The molecule has 7 nitrogen and oxygen atoms in total. The first-order chi connectivity index (χ1) is 16.2. The van der Waals surface area contributed by atoms with Crippen LogP contribution >= 0.6 is 11.6 Å². The first-order valence-electron chi connectivity index (χ1n) is 11.4. The lowest BCUT2D eigenvalue weighted by atomic mass is 9.92. The van der Waals surface area contributed by atoms with E-state index in [0.717, 1.165) is 25.5 Å². The minimum absolute atomic E-state index is 0.00297. The summed E-state index contributed by atoms with van der Waals surface area (Å²) in [7, 11) is 2.10. The molecule has 3 saturated heterocycles. The summed E-state index contributed by atoms with van der Waals surface area (Å²) >= 11 is 6.14. The maximum atomic E-state index is 14.7. The molecule has 1 aromatic carbocycles. The zero-order valence-electron chi connectivity index (χ0n) is 18.9. The molecular formula is C23H26ClF3N6O. The van der Waals surface area contributed by atoms with Gasteiger partial charge >= 0.3 is 6.03 Å². The van der Waals surface area contributed by atoms with Gasteiger partial charge in [0.1, 0.15) is 11.6 Å². The van der Waals surface area contributed by atoms with Crippen molar-refractivity contribution in [3.63, 3.8) is 0 Å². The molecule has 182 valence electrons. The molecule has 1 aromatic heterocycles. The van der Waals surface area contributed by atoms with Gasteiger partial charge in [-0.3, -0.25) is 4.90 Å². The number of piperidine rings is 2. The Kier molecular flexibility index (Phi) is 6.05. The Morgan fingerprint density at radius 2 is 1.88 bits per heavy atom. The predicted molar refractivity (Wildman–Crippen MR) is 121 cm³/mol. The van der Waals surface area contributed by atoms with E-state index >= 15 is 0 Å². The highest BCUT2D eigenvalue weighted by Crippen LogP contribution is 2.35. The smallest absolute Gasteiger partial charge is 0.321 e. The minimum Gasteiger partial charge on any atom is -0.363 e. The summed E-state index contributed by atoms with van der Waals surface area (Å²) in [4.78, 5) is 27.9. The quantitative estimate of drug-likeness (QED) is 0.630. The predicted octanol–water partition coefficient (Wildman–Crippen LogP) is 4.59. The molecule has 5 heterocycles. The molecule has 34 heavy (non-hydrogen) atoms. The number of hydrogen-bond donors (Lipinski definition) is 1. The van der Waals surface area contributed by atoms with Crippen molar-refractivity contribution in [1.82, 2.24) is 24.7 Å². The van der Waals surface area contributed by atoms with Gasteiger partial charge in [0.05, 0.1) is 30.4 Å². The van der Waals surface area contributed by atoms with Gasteiger partial charge in [0, 0.05) is 36.3 Å². The molecule has 1 N–H and O–H groups in total. The monoisotopic (exact) mass is 494 g/mol. The van der Waals surface area contributed by atoms with E-state index in [9.17, 15) is 18.0 Å². The molecule has 4 aliphatic rings. The Labute approximate surface area is 200 Å². The fourth-order valence-corrected chi connectivity index (χ4v) is 5.48. The Balaban J connectivity index is 1.35. The number of rotatable bonds is 4. The zero-order chi connectivity index (χ0) is 24.1. The molecule has 0 saturated carbocycles. The van der Waals surface area contributed by atoms with Gasteiger partial charge in [-0.1, -0.05) is 18.2 Å². The van der Waals surface area contributed by atoms with Gasteiger partial charge < -0.3 is 15.1 Å². The number of aromatic nitrogens is 2. The molecule has 0 radical (unpaired) electrons. The van der Waals surface area contributed by atoms with Crippen molar-refractivity contribution in [3.8, 4) is 0 Å². The van der Waals surface area contributed by atoms with Crippen LogP contribution in [0.15, 0.2) is 18.2 Å². The average molecular weight is 495 g/mol. The largest absolute Gasteiger partial charge is 0.363 e. The van der Waals surface area contributed by atoms with E-state index in [-0.39, 0.29) is 22.9 Å². The molecule has 2 aromatic rings. The summed E-state index contributed by atoms with van der Waals surface area (Å²) in [6.45, 7) is 3.84. The summed E-state index contributed by atoms with van der Waals surface area (Å²) in [5.74, 6) is -0.573. The van der Waals surface area contributed by atoms with E-state index in [1.165, 1.54) is 12.1 Å². The third kappa shape index (κ3) is 4.07. The SMILES string of the molecule is C[C@@H](Nc1nc(Cl)nc2c1CN(C(=O)N1CC3CCC1CN3C)C2)c1cccc(C(F)F)c1F. The van der Waals surface area contributed by atoms with Crippen LogP contribution in [0, 0.1) is 5.82 Å². The highest BCUT2D eigenvalue weighted by molar-refractivity contribution is 6.28. The number of hydrogen-bond acceptors (Lipinski definition) is 5. The Bertz CT molecular complexity index is 1120. The van der Waals surface area contributed by atoms with Gasteiger partial charge in [0.25, 0.3) is 6.43 Å². The van der Waals surface area contributed by atoms with E-state index in [1.54, 1.807) is 11.8 Å². The molecule has 6 rings (SSSR count). The molecule has 0 aliphatic carbocycles. The van der Waals surface area contributed by atoms with Crippen molar-refractivity contribution in [1.29, 1.82) is 0 Å². The van der Waals surface area contributed by atoms with Crippen molar-refractivity contribution in [3.05, 3.63) is 51.7 Å². The molecule has 3 atom stereocenters. The van der Waals surface area contributed by atoms with Crippen LogP contribution in [0.1, 0.15) is 54.6 Å². The van der Waals surface area contributed by atoms with Crippen LogP contribution in [0.5, 0.6) is 0 Å². The topological polar surface area (TPSA) is 64.6 Å². The van der Waals surface area contributed by atoms with Gasteiger partial charge in [-0.15, -0.1) is 0 Å². The first kappa shape index (κ1) is 23.2. The van der Waals surface area contributed by atoms with E-state index in [2.05, 4.69) is 27.2 Å². The summed E-state index contributed by atoms with van der Waals surface area (Å²) < 4.78 is 40.9. The fraction of sp³-hybridized carbons (Fsp3) is 0.522. The van der Waals surface area contributed by atoms with E-state index in [4.69, 9.17) is 11.6 Å². The normalized spacial score (nSPS) is 22.9. The molecular weight excluding hydrogens is 469 g/mol. The second kappa shape index (κ2) is 8.88. The van der Waals surface area contributed by atoms with Crippen molar-refractivity contribution in [2.45, 2.75) is 57.4 Å². The lowest BCUT2D eigenvalue weighted by molar-refractivity contribution is 0.00658. The second-order valence-electron chi connectivity index (χ2n) is 9.30. The Morgan fingerprint density at radius 3 is 2.56 bits per heavy atom. The molecule has 2 bridgehead atoms. The summed E-state index contributed by atoms with van der Waals surface area (Å²) in [6.07, 6.45) is -0.809. The lowest BCUT2D eigenvalue weighted by Gasteiger charge is -2.50. The summed E-state index contributed by atoms with van der Waals surface area (Å²) in [5.41, 5.74) is 0.787. The second-order valence-corrected chi connectivity index (χ2v) is 9.64. The van der Waals surface area contributed by atoms with Crippen LogP contribution in [0.25, 0.3) is 0 Å². The third-order valence-corrected chi connectivity index (χ3v) is 7.36. The van der Waals surface area contributed by atoms with Crippen LogP contribution in [0.4, 0.5) is 23.8 Å². The maximum Gasteiger partial charge on any atom is 0.321 e. The van der Waals surface area contributed by atoms with E-state index < -0.39 is 23.8 Å². The number of carbonyl (C=O) groups is 1. The molecule has 11 heteroatoms. The van der Waals surface area contributed by atoms with Gasteiger partial charge in [-0.25, -0.2) is 27.9 Å². The van der Waals surface area contributed by atoms with Crippen LogP contribution in [-0.4, -0.2) is 62.9 Å². The third-order valence-electron chi connectivity index (χ3n) is 7.19. The van der Waals surface area contributed by atoms with Crippen LogP contribution in [-0.2, 0) is 13.1 Å². The van der Waals surface area contributed by atoms with Crippen LogP contribution < -0.4 is 5.32 Å². The molecule has 3 fully saturated rings. The van der Waals surface area contributed by atoms with Crippen LogP contribution in [0.2, 0.25) is 5.28 Å².